The van der Waals surface area contributed by atoms with Crippen LogP contribution in [0.15, 0.2) is 53.8 Å². The highest BCUT2D eigenvalue weighted by atomic mass is 32.2. The molecular weight excluding hydrogens is 486 g/mol. The Balaban J connectivity index is 0.000000658. The van der Waals surface area contributed by atoms with Crippen molar-refractivity contribution in [2.45, 2.75) is 13.3 Å². The highest BCUT2D eigenvalue weighted by Gasteiger charge is 2.17. The molecule has 12 nitrogen and oxygen atoms in total. The van der Waals surface area contributed by atoms with Crippen LogP contribution in [0.3, 0.4) is 0 Å². The second-order valence-corrected chi connectivity index (χ2v) is 9.24. The summed E-state index contributed by atoms with van der Waals surface area (Å²) in [6.45, 7) is 5.15. The topological polar surface area (TPSA) is 152 Å². The van der Waals surface area contributed by atoms with Gasteiger partial charge in [0, 0.05) is 31.4 Å². The molecule has 3 heterocycles. The second-order valence-electron chi connectivity index (χ2n) is 7.78. The first-order valence-corrected chi connectivity index (χ1v) is 13.0. The van der Waals surface area contributed by atoms with E-state index in [0.29, 0.717) is 57.5 Å². The van der Waals surface area contributed by atoms with E-state index < -0.39 is 10.1 Å². The van der Waals surface area contributed by atoms with Crippen molar-refractivity contribution in [2.24, 2.45) is 5.10 Å². The number of nitrogens with one attached hydrogen (secondary N) is 1. The van der Waals surface area contributed by atoms with Crippen molar-refractivity contribution in [3.8, 4) is 6.01 Å². The summed E-state index contributed by atoms with van der Waals surface area (Å²) in [5, 5.41) is 4.27. The lowest BCUT2D eigenvalue weighted by Gasteiger charge is -2.26. The summed E-state index contributed by atoms with van der Waals surface area (Å²) in [6.07, 6.45) is 4.87. The van der Waals surface area contributed by atoms with E-state index in [1.54, 1.807) is 12.4 Å². The summed E-state index contributed by atoms with van der Waals surface area (Å²) in [5.41, 5.74) is 6.00. The number of hydrazone groups is 1. The summed E-state index contributed by atoms with van der Waals surface area (Å²) >= 11 is 0. The van der Waals surface area contributed by atoms with Crippen molar-refractivity contribution in [2.75, 3.05) is 49.5 Å². The summed E-state index contributed by atoms with van der Waals surface area (Å²) in [7, 11) is -3.67. The minimum Gasteiger partial charge on any atom is -0.463 e. The summed E-state index contributed by atoms with van der Waals surface area (Å²) in [5.74, 6) is 0.868. The molecule has 3 aromatic rings. The van der Waals surface area contributed by atoms with Gasteiger partial charge in [0.2, 0.25) is 5.95 Å². The SMILES string of the molecule is CS(=O)(=O)O.Cc1cccc(/C=N/Nc2nc(OCCc3ccccn3)nc(N3CCOCC3)n2)c1. The van der Waals surface area contributed by atoms with Crippen LogP contribution in [-0.2, 0) is 21.3 Å². The van der Waals surface area contributed by atoms with Crippen LogP contribution in [-0.4, -0.2) is 78.3 Å². The van der Waals surface area contributed by atoms with Crippen molar-refractivity contribution < 1.29 is 22.4 Å². The van der Waals surface area contributed by atoms with E-state index in [2.05, 4.69) is 30.5 Å². The Morgan fingerprint density at radius 2 is 1.94 bits per heavy atom. The first kappa shape index (κ1) is 26.9. The van der Waals surface area contributed by atoms with Crippen LogP contribution in [0.25, 0.3) is 0 Å². The molecule has 0 bridgehead atoms. The number of rotatable bonds is 8. The van der Waals surface area contributed by atoms with Crippen LogP contribution in [0, 0.1) is 6.92 Å². The molecule has 0 amide bonds. The van der Waals surface area contributed by atoms with Crippen LogP contribution < -0.4 is 15.1 Å². The molecule has 1 fully saturated rings. The highest BCUT2D eigenvalue weighted by Crippen LogP contribution is 2.16. The Morgan fingerprint density at radius 1 is 1.17 bits per heavy atom. The maximum absolute atomic E-state index is 9.19. The summed E-state index contributed by atoms with van der Waals surface area (Å²) in [4.78, 5) is 19.7. The third kappa shape index (κ3) is 10.3. The molecule has 1 aromatic carbocycles. The number of morpholine rings is 1. The van der Waals surface area contributed by atoms with E-state index in [9.17, 15) is 8.42 Å². The number of hydrogen-bond donors (Lipinski definition) is 2. The van der Waals surface area contributed by atoms with Gasteiger partial charge in [-0.2, -0.15) is 28.5 Å². The van der Waals surface area contributed by atoms with Gasteiger partial charge in [0.25, 0.3) is 16.1 Å². The molecule has 0 radical (unpaired) electrons. The lowest BCUT2D eigenvalue weighted by molar-refractivity contribution is 0.122. The van der Waals surface area contributed by atoms with E-state index >= 15 is 0 Å². The fourth-order valence-corrected chi connectivity index (χ4v) is 3.07. The zero-order valence-electron chi connectivity index (χ0n) is 20.1. The maximum Gasteiger partial charge on any atom is 0.323 e. The molecule has 36 heavy (non-hydrogen) atoms. The third-order valence-corrected chi connectivity index (χ3v) is 4.63. The fraction of sp³-hybridized carbons (Fsp3) is 0.348. The average molecular weight is 516 g/mol. The Hall–Kier alpha value is -3.68. The molecule has 0 unspecified atom stereocenters. The molecule has 0 aliphatic carbocycles. The number of pyridine rings is 1. The normalized spacial score (nSPS) is 13.7. The van der Waals surface area contributed by atoms with Crippen molar-refractivity contribution in [3.63, 3.8) is 0 Å². The standard InChI is InChI=1S/C22H25N7O2.CH4O3S/c1-17-5-4-6-18(15-17)16-24-28-20-25-21(29-10-13-30-14-11-29)27-22(26-20)31-12-8-19-7-2-3-9-23-19;1-5(2,3)4/h2-7,9,15-16H,8,10-14H2,1H3,(H,25,26,27,28);1H3,(H,2,3,4)/b24-16+;. The number of benzene rings is 1. The molecule has 0 spiro atoms. The lowest BCUT2D eigenvalue weighted by Crippen LogP contribution is -2.37. The molecule has 2 aromatic heterocycles. The number of anilines is 2. The molecule has 0 atom stereocenters. The van der Waals surface area contributed by atoms with Gasteiger partial charge in [-0.25, -0.2) is 5.43 Å². The molecule has 0 saturated carbocycles. The maximum atomic E-state index is 9.19. The van der Waals surface area contributed by atoms with Crippen LogP contribution in [0.1, 0.15) is 16.8 Å². The quantitative estimate of drug-likeness (QED) is 0.257. The molecule has 192 valence electrons. The number of aryl methyl sites for hydroxylation is 1. The number of aromatic nitrogens is 4. The van der Waals surface area contributed by atoms with Gasteiger partial charge in [0.1, 0.15) is 0 Å². The van der Waals surface area contributed by atoms with Crippen molar-refractivity contribution in [3.05, 3.63) is 65.5 Å². The molecule has 4 rings (SSSR count). The first-order chi connectivity index (χ1) is 17.3. The van der Waals surface area contributed by atoms with Gasteiger partial charge in [-0.15, -0.1) is 0 Å². The summed E-state index contributed by atoms with van der Waals surface area (Å²) < 4.78 is 37.1. The Kier molecular flexibility index (Phi) is 10.0. The molecular formula is C23H29N7O5S. The minimum absolute atomic E-state index is 0.251. The molecule has 2 N–H and O–H groups in total. The second kappa shape index (κ2) is 13.4. The fourth-order valence-electron chi connectivity index (χ4n) is 3.07. The van der Waals surface area contributed by atoms with Crippen molar-refractivity contribution in [1.29, 1.82) is 0 Å². The van der Waals surface area contributed by atoms with E-state index in [0.717, 1.165) is 11.3 Å². The van der Waals surface area contributed by atoms with Crippen LogP contribution >= 0.6 is 0 Å². The predicted octanol–water partition coefficient (Wildman–Crippen LogP) is 1.98. The zero-order chi connectivity index (χ0) is 25.8. The summed E-state index contributed by atoms with van der Waals surface area (Å²) in [6, 6.07) is 14.1. The van der Waals surface area contributed by atoms with E-state index in [-0.39, 0.29) is 6.01 Å². The van der Waals surface area contributed by atoms with Gasteiger partial charge < -0.3 is 14.4 Å². The third-order valence-electron chi connectivity index (χ3n) is 4.63. The Morgan fingerprint density at radius 3 is 2.64 bits per heavy atom. The monoisotopic (exact) mass is 515 g/mol. The smallest absolute Gasteiger partial charge is 0.323 e. The van der Waals surface area contributed by atoms with E-state index in [1.165, 1.54) is 5.56 Å². The van der Waals surface area contributed by atoms with Crippen molar-refractivity contribution >= 4 is 28.2 Å². The Bertz CT molecular complexity index is 1230. The minimum atomic E-state index is -3.67. The van der Waals surface area contributed by atoms with Gasteiger partial charge in [0.15, 0.2) is 0 Å². The lowest BCUT2D eigenvalue weighted by atomic mass is 10.2. The van der Waals surface area contributed by atoms with Crippen molar-refractivity contribution in [1.82, 2.24) is 19.9 Å². The first-order valence-electron chi connectivity index (χ1n) is 11.2. The number of ether oxygens (including phenoxy) is 2. The van der Waals surface area contributed by atoms with Gasteiger partial charge in [0.05, 0.1) is 32.3 Å². The molecule has 1 saturated heterocycles. The van der Waals surface area contributed by atoms with Gasteiger partial charge in [-0.05, 0) is 24.6 Å². The van der Waals surface area contributed by atoms with E-state index in [4.69, 9.17) is 14.0 Å². The van der Waals surface area contributed by atoms with Crippen LogP contribution in [0.5, 0.6) is 6.01 Å². The van der Waals surface area contributed by atoms with Gasteiger partial charge >= 0.3 is 6.01 Å². The largest absolute Gasteiger partial charge is 0.463 e. The molecule has 1 aliphatic rings. The van der Waals surface area contributed by atoms with Gasteiger partial charge in [-0.1, -0.05) is 35.9 Å². The highest BCUT2D eigenvalue weighted by molar-refractivity contribution is 7.85. The zero-order valence-corrected chi connectivity index (χ0v) is 20.9. The predicted molar refractivity (Wildman–Crippen MR) is 136 cm³/mol. The molecule has 1 aliphatic heterocycles. The molecule has 13 heteroatoms. The van der Waals surface area contributed by atoms with Gasteiger partial charge in [-0.3, -0.25) is 9.54 Å². The van der Waals surface area contributed by atoms with Crippen LogP contribution in [0.4, 0.5) is 11.9 Å². The number of nitrogens with zero attached hydrogens (tertiary/aromatic N) is 6. The van der Waals surface area contributed by atoms with E-state index in [1.807, 2.05) is 54.3 Å². The van der Waals surface area contributed by atoms with Crippen LogP contribution in [0.2, 0.25) is 0 Å². The Labute approximate surface area is 210 Å². The average Bonchev–Trinajstić information content (AvgIpc) is 2.84. The number of hydrogen-bond acceptors (Lipinski definition) is 11.